The van der Waals surface area contributed by atoms with Gasteiger partial charge >= 0.3 is 5.97 Å². The van der Waals surface area contributed by atoms with Crippen molar-refractivity contribution in [3.8, 4) is 0 Å². The van der Waals surface area contributed by atoms with Crippen molar-refractivity contribution in [2.45, 2.75) is 51.0 Å². The van der Waals surface area contributed by atoms with Crippen molar-refractivity contribution >= 4 is 17.6 Å². The first kappa shape index (κ1) is 15.8. The van der Waals surface area contributed by atoms with E-state index >= 15 is 0 Å². The molecule has 1 aliphatic heterocycles. The highest BCUT2D eigenvalue weighted by molar-refractivity contribution is 6.31. The molecule has 1 saturated heterocycles. The molecule has 0 aromatic heterocycles. The summed E-state index contributed by atoms with van der Waals surface area (Å²) in [5.74, 6) is -0.0652. The zero-order valence-corrected chi connectivity index (χ0v) is 13.7. The van der Waals surface area contributed by atoms with Crippen LogP contribution in [-0.4, -0.2) is 29.1 Å². The van der Waals surface area contributed by atoms with Crippen molar-refractivity contribution in [2.24, 2.45) is 5.92 Å². The Morgan fingerprint density at radius 2 is 2.00 bits per heavy atom. The number of carboxylic acids is 1. The average Bonchev–Trinajstić information content (AvgIpc) is 3.32. The van der Waals surface area contributed by atoms with E-state index in [1.807, 2.05) is 6.07 Å². The molecule has 1 atom stereocenters. The number of benzene rings is 1. The summed E-state index contributed by atoms with van der Waals surface area (Å²) in [6.45, 7) is 3.22. The van der Waals surface area contributed by atoms with Gasteiger partial charge in [0.1, 0.15) is 0 Å². The number of nitrogens with zero attached hydrogens (tertiary/aromatic N) is 1. The lowest BCUT2D eigenvalue weighted by Crippen LogP contribution is -2.29. The van der Waals surface area contributed by atoms with Gasteiger partial charge in [0.15, 0.2) is 0 Å². The second kappa shape index (κ2) is 7.01. The van der Waals surface area contributed by atoms with Crippen LogP contribution in [0.1, 0.15) is 55.6 Å². The van der Waals surface area contributed by atoms with E-state index in [1.54, 1.807) is 0 Å². The average molecular weight is 322 g/mol. The smallest absolute Gasteiger partial charge is 0.303 e. The molecule has 1 saturated carbocycles. The SMILES string of the molecule is O=C(O)CC(c1ccc(CN2CCCCC2)c(Cl)c1)C1CC1. The van der Waals surface area contributed by atoms with Gasteiger partial charge in [-0.1, -0.05) is 30.2 Å². The molecule has 0 spiro atoms. The van der Waals surface area contributed by atoms with Crippen LogP contribution in [0, 0.1) is 5.92 Å². The number of hydrogen-bond donors (Lipinski definition) is 1. The Balaban J connectivity index is 1.71. The normalized spacial score (nSPS) is 20.8. The lowest BCUT2D eigenvalue weighted by Gasteiger charge is -2.27. The summed E-state index contributed by atoms with van der Waals surface area (Å²) >= 11 is 6.48. The maximum atomic E-state index is 11.1. The van der Waals surface area contributed by atoms with Crippen molar-refractivity contribution in [3.63, 3.8) is 0 Å². The van der Waals surface area contributed by atoms with E-state index in [-0.39, 0.29) is 12.3 Å². The Bertz CT molecular complexity index is 536. The Morgan fingerprint density at radius 1 is 1.27 bits per heavy atom. The lowest BCUT2D eigenvalue weighted by molar-refractivity contribution is -0.137. The van der Waals surface area contributed by atoms with Crippen LogP contribution in [0.25, 0.3) is 0 Å². The highest BCUT2D eigenvalue weighted by Crippen LogP contribution is 2.45. The number of halogens is 1. The van der Waals surface area contributed by atoms with Gasteiger partial charge in [-0.05, 0) is 67.8 Å². The number of carbonyl (C=O) groups is 1. The second-order valence-electron chi connectivity index (χ2n) is 6.73. The summed E-state index contributed by atoms with van der Waals surface area (Å²) in [6, 6.07) is 6.20. The Morgan fingerprint density at radius 3 is 2.59 bits per heavy atom. The molecule has 1 aliphatic carbocycles. The summed E-state index contributed by atoms with van der Waals surface area (Å²) < 4.78 is 0. The van der Waals surface area contributed by atoms with Crippen molar-refractivity contribution < 1.29 is 9.90 Å². The van der Waals surface area contributed by atoms with Gasteiger partial charge in [0.25, 0.3) is 0 Å². The summed E-state index contributed by atoms with van der Waals surface area (Å²) in [6.07, 6.45) is 6.39. The van der Waals surface area contributed by atoms with E-state index in [9.17, 15) is 4.79 Å². The van der Waals surface area contributed by atoms with Crippen LogP contribution < -0.4 is 0 Å². The zero-order valence-electron chi connectivity index (χ0n) is 12.9. The molecular formula is C18H24ClNO2. The Hall–Kier alpha value is -1.06. The fourth-order valence-electron chi connectivity index (χ4n) is 3.52. The minimum Gasteiger partial charge on any atom is -0.481 e. The largest absolute Gasteiger partial charge is 0.481 e. The number of carboxylic acid groups (broad SMARTS) is 1. The molecule has 3 rings (SSSR count). The third kappa shape index (κ3) is 4.02. The first-order valence-corrected chi connectivity index (χ1v) is 8.74. The van der Waals surface area contributed by atoms with Crippen LogP contribution in [0.2, 0.25) is 5.02 Å². The molecule has 1 aromatic carbocycles. The molecule has 120 valence electrons. The predicted octanol–water partition coefficient (Wildman–Crippen LogP) is 4.29. The summed E-state index contributed by atoms with van der Waals surface area (Å²) in [7, 11) is 0. The van der Waals surface area contributed by atoms with E-state index in [4.69, 9.17) is 16.7 Å². The standard InChI is InChI=1S/C18H24ClNO2/c19-17-10-14(16(11-18(21)22)13-4-5-13)6-7-15(17)12-20-8-2-1-3-9-20/h6-7,10,13,16H,1-5,8-9,11-12H2,(H,21,22). The maximum Gasteiger partial charge on any atom is 0.303 e. The van der Waals surface area contributed by atoms with Crippen LogP contribution in [0.4, 0.5) is 0 Å². The third-order valence-corrected chi connectivity index (χ3v) is 5.29. The molecule has 1 heterocycles. The fourth-order valence-corrected chi connectivity index (χ4v) is 3.77. The van der Waals surface area contributed by atoms with Gasteiger partial charge in [-0.3, -0.25) is 9.69 Å². The van der Waals surface area contributed by atoms with Crippen molar-refractivity contribution in [1.82, 2.24) is 4.90 Å². The number of aliphatic carboxylic acids is 1. The molecule has 0 amide bonds. The highest BCUT2D eigenvalue weighted by atomic mass is 35.5. The van der Waals surface area contributed by atoms with Gasteiger partial charge in [0.05, 0.1) is 6.42 Å². The van der Waals surface area contributed by atoms with Crippen LogP contribution in [0.5, 0.6) is 0 Å². The molecule has 1 aromatic rings. The van der Waals surface area contributed by atoms with Gasteiger partial charge < -0.3 is 5.11 Å². The molecule has 0 bridgehead atoms. The number of rotatable bonds is 6. The second-order valence-corrected chi connectivity index (χ2v) is 7.14. The summed E-state index contributed by atoms with van der Waals surface area (Å²) in [4.78, 5) is 13.5. The predicted molar refractivity (Wildman–Crippen MR) is 88.3 cm³/mol. The van der Waals surface area contributed by atoms with Crippen LogP contribution in [0.15, 0.2) is 18.2 Å². The monoisotopic (exact) mass is 321 g/mol. The highest BCUT2D eigenvalue weighted by Gasteiger charge is 2.33. The summed E-state index contributed by atoms with van der Waals surface area (Å²) in [5.41, 5.74) is 2.26. The molecule has 2 fully saturated rings. The van der Waals surface area contributed by atoms with Crippen LogP contribution in [-0.2, 0) is 11.3 Å². The van der Waals surface area contributed by atoms with E-state index in [1.165, 1.54) is 19.3 Å². The molecule has 1 unspecified atom stereocenters. The number of likely N-dealkylation sites (tertiary alicyclic amines) is 1. The van der Waals surface area contributed by atoms with Gasteiger partial charge in [-0.2, -0.15) is 0 Å². The van der Waals surface area contributed by atoms with Gasteiger partial charge in [0.2, 0.25) is 0 Å². The van der Waals surface area contributed by atoms with E-state index in [0.717, 1.165) is 48.6 Å². The molecule has 4 heteroatoms. The lowest BCUT2D eigenvalue weighted by atomic mass is 9.90. The maximum absolute atomic E-state index is 11.1. The Kier molecular flexibility index (Phi) is 5.04. The minimum absolute atomic E-state index is 0.124. The van der Waals surface area contributed by atoms with Crippen LogP contribution >= 0.6 is 11.6 Å². The quantitative estimate of drug-likeness (QED) is 0.849. The molecular weight excluding hydrogens is 298 g/mol. The van der Waals surface area contributed by atoms with Crippen LogP contribution in [0.3, 0.4) is 0 Å². The third-order valence-electron chi connectivity index (χ3n) is 4.93. The first-order valence-electron chi connectivity index (χ1n) is 8.36. The summed E-state index contributed by atoms with van der Waals surface area (Å²) in [5, 5.41) is 9.91. The minimum atomic E-state index is -0.717. The zero-order chi connectivity index (χ0) is 15.5. The van der Waals surface area contributed by atoms with E-state index in [0.29, 0.717) is 5.92 Å². The Labute approximate surface area is 137 Å². The van der Waals surface area contributed by atoms with Crippen molar-refractivity contribution in [1.29, 1.82) is 0 Å². The number of piperidine rings is 1. The van der Waals surface area contributed by atoms with Gasteiger partial charge in [-0.15, -0.1) is 0 Å². The number of hydrogen-bond acceptors (Lipinski definition) is 2. The first-order chi connectivity index (χ1) is 10.6. The molecule has 1 N–H and O–H groups in total. The molecule has 22 heavy (non-hydrogen) atoms. The van der Waals surface area contributed by atoms with Crippen molar-refractivity contribution in [2.75, 3.05) is 13.1 Å². The molecule has 3 nitrogen and oxygen atoms in total. The van der Waals surface area contributed by atoms with Gasteiger partial charge in [0, 0.05) is 11.6 Å². The van der Waals surface area contributed by atoms with E-state index in [2.05, 4.69) is 17.0 Å². The molecule has 2 aliphatic rings. The van der Waals surface area contributed by atoms with E-state index < -0.39 is 5.97 Å². The topological polar surface area (TPSA) is 40.5 Å². The fraction of sp³-hybridized carbons (Fsp3) is 0.611. The van der Waals surface area contributed by atoms with Crippen molar-refractivity contribution in [3.05, 3.63) is 34.3 Å². The van der Waals surface area contributed by atoms with Gasteiger partial charge in [-0.25, -0.2) is 0 Å². The molecule has 0 radical (unpaired) electrons.